The van der Waals surface area contributed by atoms with Crippen LogP contribution in [-0.2, 0) is 10.0 Å². The van der Waals surface area contributed by atoms with Crippen molar-refractivity contribution in [1.82, 2.24) is 4.31 Å². The number of nitrogens with zero attached hydrogens (tertiary/aromatic N) is 1. The SMILES string of the molecule is Cc1cc(S(=O)(=O)N(C)C2CCCC2)ccc1Br. The van der Waals surface area contributed by atoms with Crippen LogP contribution in [0, 0.1) is 6.92 Å². The molecule has 5 heteroatoms. The number of rotatable bonds is 3. The lowest BCUT2D eigenvalue weighted by Gasteiger charge is -2.23. The van der Waals surface area contributed by atoms with E-state index < -0.39 is 10.0 Å². The first-order valence-electron chi connectivity index (χ1n) is 6.17. The Bertz CT molecular complexity index is 536. The summed E-state index contributed by atoms with van der Waals surface area (Å²) in [6.07, 6.45) is 4.21. The number of aryl methyl sites for hydroxylation is 1. The maximum atomic E-state index is 12.5. The molecule has 0 atom stereocenters. The van der Waals surface area contributed by atoms with Crippen LogP contribution in [0.4, 0.5) is 0 Å². The van der Waals surface area contributed by atoms with Crippen LogP contribution in [0.2, 0.25) is 0 Å². The Morgan fingerprint density at radius 2 is 1.89 bits per heavy atom. The quantitative estimate of drug-likeness (QED) is 0.851. The van der Waals surface area contributed by atoms with Gasteiger partial charge in [-0.2, -0.15) is 4.31 Å². The Morgan fingerprint density at radius 3 is 2.44 bits per heavy atom. The van der Waals surface area contributed by atoms with E-state index >= 15 is 0 Å². The van der Waals surface area contributed by atoms with E-state index in [-0.39, 0.29) is 6.04 Å². The van der Waals surface area contributed by atoms with Crippen molar-refractivity contribution in [2.45, 2.75) is 43.5 Å². The molecule has 0 bridgehead atoms. The summed E-state index contributed by atoms with van der Waals surface area (Å²) >= 11 is 3.39. The van der Waals surface area contributed by atoms with E-state index in [4.69, 9.17) is 0 Å². The molecule has 1 aliphatic rings. The zero-order valence-electron chi connectivity index (χ0n) is 10.7. The zero-order valence-corrected chi connectivity index (χ0v) is 13.1. The predicted molar refractivity (Wildman–Crippen MR) is 76.1 cm³/mol. The molecule has 18 heavy (non-hydrogen) atoms. The molecule has 100 valence electrons. The minimum absolute atomic E-state index is 0.166. The number of halogens is 1. The zero-order chi connectivity index (χ0) is 13.3. The molecule has 0 unspecified atom stereocenters. The van der Waals surface area contributed by atoms with E-state index in [0.29, 0.717) is 4.90 Å². The van der Waals surface area contributed by atoms with Crippen LogP contribution in [0.15, 0.2) is 27.6 Å². The van der Waals surface area contributed by atoms with Crippen molar-refractivity contribution >= 4 is 26.0 Å². The Balaban J connectivity index is 2.32. The normalized spacial score (nSPS) is 17.6. The molecule has 1 fully saturated rings. The van der Waals surface area contributed by atoms with Gasteiger partial charge in [0.25, 0.3) is 0 Å². The fraction of sp³-hybridized carbons (Fsp3) is 0.538. The van der Waals surface area contributed by atoms with Gasteiger partial charge in [-0.3, -0.25) is 0 Å². The lowest BCUT2D eigenvalue weighted by Crippen LogP contribution is -2.35. The van der Waals surface area contributed by atoms with Gasteiger partial charge in [-0.05, 0) is 43.5 Å². The van der Waals surface area contributed by atoms with Crippen LogP contribution >= 0.6 is 15.9 Å². The fourth-order valence-corrected chi connectivity index (χ4v) is 4.16. The third kappa shape index (κ3) is 2.63. The third-order valence-corrected chi connectivity index (χ3v) is 6.44. The Hall–Kier alpha value is -0.390. The van der Waals surface area contributed by atoms with Gasteiger partial charge in [0.15, 0.2) is 0 Å². The molecular weight excluding hydrogens is 314 g/mol. The van der Waals surface area contributed by atoms with E-state index in [2.05, 4.69) is 15.9 Å². The molecule has 1 aromatic carbocycles. The van der Waals surface area contributed by atoms with E-state index in [1.165, 1.54) is 0 Å². The van der Waals surface area contributed by atoms with Crippen molar-refractivity contribution in [3.63, 3.8) is 0 Å². The summed E-state index contributed by atoms with van der Waals surface area (Å²) in [5, 5.41) is 0. The van der Waals surface area contributed by atoms with Crippen LogP contribution in [0.25, 0.3) is 0 Å². The van der Waals surface area contributed by atoms with E-state index in [1.54, 1.807) is 29.6 Å². The van der Waals surface area contributed by atoms with Gasteiger partial charge < -0.3 is 0 Å². The maximum absolute atomic E-state index is 12.5. The number of hydrogen-bond acceptors (Lipinski definition) is 2. The van der Waals surface area contributed by atoms with Crippen molar-refractivity contribution in [2.75, 3.05) is 7.05 Å². The summed E-state index contributed by atoms with van der Waals surface area (Å²) < 4.78 is 27.5. The highest BCUT2D eigenvalue weighted by Crippen LogP contribution is 2.28. The summed E-state index contributed by atoms with van der Waals surface area (Å²) in [5.41, 5.74) is 0.941. The molecule has 1 aromatic rings. The van der Waals surface area contributed by atoms with Crippen LogP contribution in [-0.4, -0.2) is 25.8 Å². The summed E-state index contributed by atoms with van der Waals surface area (Å²) in [7, 11) is -1.65. The molecule has 0 saturated heterocycles. The summed E-state index contributed by atoms with van der Waals surface area (Å²) in [6, 6.07) is 5.35. The standard InChI is InChI=1S/C13H18BrNO2S/c1-10-9-12(7-8-13(10)14)18(16,17)15(2)11-5-3-4-6-11/h7-9,11H,3-6H2,1-2H3. The highest BCUT2D eigenvalue weighted by Gasteiger charge is 2.30. The smallest absolute Gasteiger partial charge is 0.207 e. The molecule has 0 N–H and O–H groups in total. The monoisotopic (exact) mass is 331 g/mol. The molecule has 0 amide bonds. The molecule has 0 radical (unpaired) electrons. The third-order valence-electron chi connectivity index (χ3n) is 3.65. The molecule has 3 nitrogen and oxygen atoms in total. The molecule has 0 aliphatic heterocycles. The van der Waals surface area contributed by atoms with Crippen LogP contribution in [0.5, 0.6) is 0 Å². The van der Waals surface area contributed by atoms with E-state index in [0.717, 1.165) is 35.7 Å². The van der Waals surface area contributed by atoms with Gasteiger partial charge in [-0.1, -0.05) is 28.8 Å². The highest BCUT2D eigenvalue weighted by molar-refractivity contribution is 9.10. The average molecular weight is 332 g/mol. The molecule has 0 aromatic heterocycles. The van der Waals surface area contributed by atoms with Crippen molar-refractivity contribution < 1.29 is 8.42 Å². The highest BCUT2D eigenvalue weighted by atomic mass is 79.9. The van der Waals surface area contributed by atoms with Crippen molar-refractivity contribution in [3.8, 4) is 0 Å². The van der Waals surface area contributed by atoms with Crippen LogP contribution < -0.4 is 0 Å². The van der Waals surface area contributed by atoms with Gasteiger partial charge in [0.05, 0.1) is 4.90 Å². The van der Waals surface area contributed by atoms with Gasteiger partial charge in [0, 0.05) is 17.6 Å². The number of hydrogen-bond donors (Lipinski definition) is 0. The van der Waals surface area contributed by atoms with E-state index in [1.807, 2.05) is 6.92 Å². The van der Waals surface area contributed by atoms with Crippen molar-refractivity contribution in [3.05, 3.63) is 28.2 Å². The first kappa shape index (κ1) is 14.0. The van der Waals surface area contributed by atoms with Crippen LogP contribution in [0.1, 0.15) is 31.2 Å². The number of benzene rings is 1. The van der Waals surface area contributed by atoms with Gasteiger partial charge in [0.2, 0.25) is 10.0 Å². The first-order valence-corrected chi connectivity index (χ1v) is 8.40. The maximum Gasteiger partial charge on any atom is 0.243 e. The lowest BCUT2D eigenvalue weighted by atomic mass is 10.2. The van der Waals surface area contributed by atoms with Crippen LogP contribution in [0.3, 0.4) is 0 Å². The van der Waals surface area contributed by atoms with Gasteiger partial charge >= 0.3 is 0 Å². The van der Waals surface area contributed by atoms with Crippen molar-refractivity contribution in [1.29, 1.82) is 0 Å². The second-order valence-corrected chi connectivity index (χ2v) is 7.72. The molecule has 1 saturated carbocycles. The lowest BCUT2D eigenvalue weighted by molar-refractivity contribution is 0.373. The fourth-order valence-electron chi connectivity index (χ4n) is 2.41. The largest absolute Gasteiger partial charge is 0.243 e. The second-order valence-electron chi connectivity index (χ2n) is 4.87. The van der Waals surface area contributed by atoms with Gasteiger partial charge in [-0.15, -0.1) is 0 Å². The molecule has 2 rings (SSSR count). The summed E-state index contributed by atoms with van der Waals surface area (Å²) in [6.45, 7) is 1.90. The van der Waals surface area contributed by atoms with E-state index in [9.17, 15) is 8.42 Å². The Labute approximate surface area is 117 Å². The summed E-state index contributed by atoms with van der Waals surface area (Å²) in [4.78, 5) is 0.387. The van der Waals surface area contributed by atoms with Gasteiger partial charge in [0.1, 0.15) is 0 Å². The first-order chi connectivity index (χ1) is 8.43. The molecular formula is C13H18BrNO2S. The Morgan fingerprint density at radius 1 is 1.28 bits per heavy atom. The van der Waals surface area contributed by atoms with Crippen molar-refractivity contribution in [2.24, 2.45) is 0 Å². The molecule has 0 heterocycles. The Kier molecular flexibility index (Phi) is 4.14. The molecule has 1 aliphatic carbocycles. The minimum atomic E-state index is -3.35. The molecule has 0 spiro atoms. The minimum Gasteiger partial charge on any atom is -0.207 e. The topological polar surface area (TPSA) is 37.4 Å². The summed E-state index contributed by atoms with van der Waals surface area (Å²) in [5.74, 6) is 0. The second kappa shape index (κ2) is 5.31. The van der Waals surface area contributed by atoms with Gasteiger partial charge in [-0.25, -0.2) is 8.42 Å². The average Bonchev–Trinajstić information content (AvgIpc) is 2.85. The number of sulfonamides is 1. The predicted octanol–water partition coefficient (Wildman–Crippen LogP) is 3.32.